The van der Waals surface area contributed by atoms with E-state index in [0.29, 0.717) is 30.2 Å². The summed E-state index contributed by atoms with van der Waals surface area (Å²) in [6, 6.07) is 5.38. The Morgan fingerprint density at radius 3 is 2.52 bits per heavy atom. The quantitative estimate of drug-likeness (QED) is 0.883. The van der Waals surface area contributed by atoms with Crippen LogP contribution in [-0.2, 0) is 0 Å². The van der Waals surface area contributed by atoms with E-state index < -0.39 is 5.60 Å². The zero-order valence-electron chi connectivity index (χ0n) is 12.3. The normalized spacial score (nSPS) is 17.1. The first-order valence-electron chi connectivity index (χ1n) is 6.96. The summed E-state index contributed by atoms with van der Waals surface area (Å²) >= 11 is 9.53. The fourth-order valence-electron chi connectivity index (χ4n) is 2.50. The summed E-state index contributed by atoms with van der Waals surface area (Å²) in [7, 11) is 0. The van der Waals surface area contributed by atoms with Gasteiger partial charge >= 0.3 is 0 Å². The second-order valence-corrected chi connectivity index (χ2v) is 7.21. The SMILES string of the molecule is CC(C)(O)CN1CCN(C(=O)c2cccc(Br)c2Cl)CC1. The van der Waals surface area contributed by atoms with Crippen LogP contribution >= 0.6 is 27.5 Å². The molecule has 1 aliphatic heterocycles. The van der Waals surface area contributed by atoms with Gasteiger partial charge in [0.2, 0.25) is 0 Å². The molecule has 1 saturated heterocycles. The summed E-state index contributed by atoms with van der Waals surface area (Å²) in [6.45, 7) is 7.04. The molecule has 0 bridgehead atoms. The number of carbonyl (C=O) groups excluding carboxylic acids is 1. The van der Waals surface area contributed by atoms with Gasteiger partial charge in [-0.05, 0) is 41.9 Å². The monoisotopic (exact) mass is 374 g/mol. The smallest absolute Gasteiger partial charge is 0.255 e. The van der Waals surface area contributed by atoms with Crippen molar-refractivity contribution in [2.75, 3.05) is 32.7 Å². The van der Waals surface area contributed by atoms with Crippen molar-refractivity contribution >= 4 is 33.4 Å². The highest BCUT2D eigenvalue weighted by Gasteiger charge is 2.26. The molecule has 0 aromatic heterocycles. The minimum Gasteiger partial charge on any atom is -0.389 e. The van der Waals surface area contributed by atoms with Gasteiger partial charge in [-0.3, -0.25) is 9.69 Å². The third-order valence-corrected chi connectivity index (χ3v) is 4.75. The molecule has 0 saturated carbocycles. The highest BCUT2D eigenvalue weighted by Crippen LogP contribution is 2.27. The Morgan fingerprint density at radius 2 is 1.95 bits per heavy atom. The van der Waals surface area contributed by atoms with Crippen molar-refractivity contribution in [3.63, 3.8) is 0 Å². The molecule has 0 atom stereocenters. The van der Waals surface area contributed by atoms with Crippen LogP contribution in [0.2, 0.25) is 5.02 Å². The minimum atomic E-state index is -0.709. The first kappa shape index (κ1) is 16.7. The molecule has 2 rings (SSSR count). The van der Waals surface area contributed by atoms with Crippen molar-refractivity contribution in [2.45, 2.75) is 19.4 Å². The van der Waals surface area contributed by atoms with Gasteiger partial charge in [0, 0.05) is 37.2 Å². The Bertz CT molecular complexity index is 523. The molecule has 4 nitrogen and oxygen atoms in total. The predicted molar refractivity (Wildman–Crippen MR) is 87.8 cm³/mol. The summed E-state index contributed by atoms with van der Waals surface area (Å²) < 4.78 is 0.732. The number of benzene rings is 1. The Kier molecular flexibility index (Phi) is 5.30. The molecule has 1 aromatic rings. The number of piperazine rings is 1. The summed E-state index contributed by atoms with van der Waals surface area (Å²) in [4.78, 5) is 16.5. The van der Waals surface area contributed by atoms with Crippen LogP contribution in [0.3, 0.4) is 0 Å². The highest BCUT2D eigenvalue weighted by atomic mass is 79.9. The lowest BCUT2D eigenvalue weighted by Crippen LogP contribution is -2.52. The van der Waals surface area contributed by atoms with Gasteiger partial charge in [0.15, 0.2) is 0 Å². The Morgan fingerprint density at radius 1 is 1.33 bits per heavy atom. The number of β-amino-alcohol motifs (C(OH)–C–C–N with tert-alkyl or cyclic N) is 1. The minimum absolute atomic E-state index is 0.0378. The first-order chi connectivity index (χ1) is 9.78. The van der Waals surface area contributed by atoms with Crippen LogP contribution in [0.5, 0.6) is 0 Å². The molecular weight excluding hydrogens is 356 g/mol. The first-order valence-corrected chi connectivity index (χ1v) is 8.13. The van der Waals surface area contributed by atoms with Crippen molar-refractivity contribution in [1.29, 1.82) is 0 Å². The lowest BCUT2D eigenvalue weighted by molar-refractivity contribution is 0.0178. The average molecular weight is 376 g/mol. The zero-order valence-corrected chi connectivity index (χ0v) is 14.6. The van der Waals surface area contributed by atoms with E-state index in [1.165, 1.54) is 0 Å². The average Bonchev–Trinajstić information content (AvgIpc) is 2.40. The second kappa shape index (κ2) is 6.65. The number of aliphatic hydroxyl groups is 1. The van der Waals surface area contributed by atoms with Crippen LogP contribution in [0.15, 0.2) is 22.7 Å². The van der Waals surface area contributed by atoms with Crippen molar-refractivity contribution < 1.29 is 9.90 Å². The van der Waals surface area contributed by atoms with Crippen LogP contribution in [0.4, 0.5) is 0 Å². The van der Waals surface area contributed by atoms with Gasteiger partial charge in [0.05, 0.1) is 16.2 Å². The van der Waals surface area contributed by atoms with E-state index in [9.17, 15) is 9.90 Å². The van der Waals surface area contributed by atoms with Crippen LogP contribution in [0.1, 0.15) is 24.2 Å². The number of amides is 1. The van der Waals surface area contributed by atoms with Crippen LogP contribution < -0.4 is 0 Å². The van der Waals surface area contributed by atoms with Gasteiger partial charge in [0.1, 0.15) is 0 Å². The van der Waals surface area contributed by atoms with E-state index in [-0.39, 0.29) is 5.91 Å². The van der Waals surface area contributed by atoms with Gasteiger partial charge in [-0.2, -0.15) is 0 Å². The maximum Gasteiger partial charge on any atom is 0.255 e. The predicted octanol–water partition coefficient (Wildman–Crippen LogP) is 2.63. The van der Waals surface area contributed by atoms with Crippen LogP contribution in [0, 0.1) is 0 Å². The molecule has 0 radical (unpaired) electrons. The van der Waals surface area contributed by atoms with Gasteiger partial charge in [-0.25, -0.2) is 0 Å². The summed E-state index contributed by atoms with van der Waals surface area (Å²) in [5.41, 5.74) is -0.179. The number of nitrogens with zero attached hydrogens (tertiary/aromatic N) is 2. The molecule has 116 valence electrons. The van der Waals surface area contributed by atoms with Gasteiger partial charge in [-0.1, -0.05) is 17.7 Å². The van der Waals surface area contributed by atoms with Gasteiger partial charge in [-0.15, -0.1) is 0 Å². The molecule has 6 heteroatoms. The fraction of sp³-hybridized carbons (Fsp3) is 0.533. The molecule has 0 aliphatic carbocycles. The topological polar surface area (TPSA) is 43.8 Å². The number of rotatable bonds is 3. The van der Waals surface area contributed by atoms with Crippen molar-refractivity contribution in [2.24, 2.45) is 0 Å². The number of carbonyl (C=O) groups is 1. The van der Waals surface area contributed by atoms with Gasteiger partial charge < -0.3 is 10.0 Å². The van der Waals surface area contributed by atoms with E-state index in [1.807, 2.05) is 17.0 Å². The summed E-state index contributed by atoms with van der Waals surface area (Å²) in [5, 5.41) is 10.3. The Balaban J connectivity index is 1.99. The highest BCUT2D eigenvalue weighted by molar-refractivity contribution is 9.10. The number of hydrogen-bond donors (Lipinski definition) is 1. The molecule has 1 aromatic carbocycles. The van der Waals surface area contributed by atoms with E-state index in [2.05, 4.69) is 20.8 Å². The Labute approximate surface area is 138 Å². The molecule has 1 heterocycles. The number of halogens is 2. The molecular formula is C15H20BrClN2O2. The van der Waals surface area contributed by atoms with Crippen LogP contribution in [-0.4, -0.2) is 59.1 Å². The fourth-order valence-corrected chi connectivity index (χ4v) is 3.07. The third kappa shape index (κ3) is 4.42. The molecule has 0 unspecified atom stereocenters. The summed E-state index contributed by atoms with van der Waals surface area (Å²) in [6.07, 6.45) is 0. The molecule has 1 aliphatic rings. The molecule has 1 amide bonds. The maximum absolute atomic E-state index is 12.5. The maximum atomic E-state index is 12.5. The molecule has 1 fully saturated rings. The molecule has 21 heavy (non-hydrogen) atoms. The standard InChI is InChI=1S/C15H20BrClN2O2/c1-15(2,21)10-18-6-8-19(9-7-18)14(20)11-4-3-5-12(16)13(11)17/h3-5,21H,6-10H2,1-2H3. The largest absolute Gasteiger partial charge is 0.389 e. The summed E-state index contributed by atoms with van der Waals surface area (Å²) in [5.74, 6) is -0.0378. The van der Waals surface area contributed by atoms with Crippen molar-refractivity contribution in [3.8, 4) is 0 Å². The lowest BCUT2D eigenvalue weighted by atomic mass is 10.1. The lowest BCUT2D eigenvalue weighted by Gasteiger charge is -2.37. The molecule has 0 spiro atoms. The van der Waals surface area contributed by atoms with E-state index in [1.54, 1.807) is 19.9 Å². The molecule has 1 N–H and O–H groups in total. The van der Waals surface area contributed by atoms with Crippen molar-refractivity contribution in [3.05, 3.63) is 33.3 Å². The van der Waals surface area contributed by atoms with Crippen molar-refractivity contribution in [1.82, 2.24) is 9.80 Å². The van der Waals surface area contributed by atoms with Gasteiger partial charge in [0.25, 0.3) is 5.91 Å². The third-order valence-electron chi connectivity index (χ3n) is 3.45. The zero-order chi connectivity index (χ0) is 15.6. The van der Waals surface area contributed by atoms with E-state index in [4.69, 9.17) is 11.6 Å². The van der Waals surface area contributed by atoms with E-state index >= 15 is 0 Å². The van der Waals surface area contributed by atoms with E-state index in [0.717, 1.165) is 17.6 Å². The second-order valence-electron chi connectivity index (χ2n) is 5.98. The number of hydrogen-bond acceptors (Lipinski definition) is 3. The van der Waals surface area contributed by atoms with Crippen LogP contribution in [0.25, 0.3) is 0 Å². The Hall–Kier alpha value is -0.620.